The second kappa shape index (κ2) is 5.33. The van der Waals surface area contributed by atoms with E-state index in [1.807, 2.05) is 11.8 Å². The second-order valence-electron chi connectivity index (χ2n) is 4.65. The highest BCUT2D eigenvalue weighted by atomic mass is 32.2. The predicted molar refractivity (Wildman–Crippen MR) is 76.4 cm³/mol. The van der Waals surface area contributed by atoms with Crippen LogP contribution in [0.15, 0.2) is 53.4 Å². The minimum absolute atomic E-state index is 0.0109. The molecule has 2 unspecified atom stereocenters. The molecule has 3 rings (SSSR count). The lowest BCUT2D eigenvalue weighted by Crippen LogP contribution is -2.32. The Bertz CT molecular complexity index is 571. The molecule has 0 spiro atoms. The predicted octanol–water partition coefficient (Wildman–Crippen LogP) is 3.22. The zero-order valence-electron chi connectivity index (χ0n) is 10.3. The molecule has 2 nitrogen and oxygen atoms in total. The molecule has 0 bridgehead atoms. The van der Waals surface area contributed by atoms with Gasteiger partial charge < -0.3 is 0 Å². The number of fused-ring (bicyclic) bond motifs is 1. The third-order valence-electron chi connectivity index (χ3n) is 3.55. The van der Waals surface area contributed by atoms with E-state index in [0.717, 1.165) is 11.3 Å². The fourth-order valence-corrected chi connectivity index (χ4v) is 3.87. The van der Waals surface area contributed by atoms with Crippen LogP contribution in [0.4, 0.5) is 4.39 Å². The van der Waals surface area contributed by atoms with Gasteiger partial charge in [-0.25, -0.2) is 4.39 Å². The number of halogens is 1. The topological polar surface area (TPSA) is 38.0 Å². The molecule has 1 aliphatic heterocycles. The number of benzene rings is 2. The van der Waals surface area contributed by atoms with Crippen LogP contribution in [0.25, 0.3) is 0 Å². The summed E-state index contributed by atoms with van der Waals surface area (Å²) < 4.78 is 13.0. The van der Waals surface area contributed by atoms with Crippen LogP contribution in [0.3, 0.4) is 0 Å². The van der Waals surface area contributed by atoms with Crippen LogP contribution in [0.5, 0.6) is 0 Å². The van der Waals surface area contributed by atoms with E-state index in [-0.39, 0.29) is 11.9 Å². The lowest BCUT2D eigenvalue weighted by Gasteiger charge is -2.23. The van der Waals surface area contributed by atoms with Crippen LogP contribution >= 0.6 is 11.8 Å². The van der Waals surface area contributed by atoms with Crippen LogP contribution in [0, 0.1) is 5.82 Å². The number of rotatable bonds is 3. The zero-order valence-corrected chi connectivity index (χ0v) is 11.2. The summed E-state index contributed by atoms with van der Waals surface area (Å²) in [6.45, 7) is 0. The summed E-state index contributed by atoms with van der Waals surface area (Å²) in [5, 5.41) is 0. The van der Waals surface area contributed by atoms with Crippen molar-refractivity contribution in [3.05, 3.63) is 65.5 Å². The van der Waals surface area contributed by atoms with Gasteiger partial charge >= 0.3 is 0 Å². The van der Waals surface area contributed by atoms with Gasteiger partial charge in [-0.1, -0.05) is 30.3 Å². The molecule has 98 valence electrons. The van der Waals surface area contributed by atoms with E-state index >= 15 is 0 Å². The Labute approximate surface area is 116 Å². The highest BCUT2D eigenvalue weighted by Crippen LogP contribution is 2.45. The van der Waals surface area contributed by atoms with Crippen molar-refractivity contribution in [2.24, 2.45) is 5.84 Å². The van der Waals surface area contributed by atoms with E-state index in [2.05, 4.69) is 29.7 Å². The summed E-state index contributed by atoms with van der Waals surface area (Å²) >= 11 is 1.85. The first-order valence-corrected chi connectivity index (χ1v) is 7.21. The highest BCUT2D eigenvalue weighted by Gasteiger charge is 2.30. The number of thioether (sulfide) groups is 1. The molecular formula is C15H15FN2S. The van der Waals surface area contributed by atoms with Crippen molar-refractivity contribution in [3.8, 4) is 0 Å². The molecule has 1 heterocycles. The Morgan fingerprint density at radius 1 is 1.16 bits per heavy atom. The summed E-state index contributed by atoms with van der Waals surface area (Å²) in [6, 6.07) is 15.0. The van der Waals surface area contributed by atoms with Gasteiger partial charge in [0.1, 0.15) is 5.82 Å². The summed E-state index contributed by atoms with van der Waals surface area (Å²) in [4.78, 5) is 1.31. The van der Waals surface area contributed by atoms with Gasteiger partial charge in [-0.3, -0.25) is 11.3 Å². The Kier molecular flexibility index (Phi) is 3.55. The van der Waals surface area contributed by atoms with Gasteiger partial charge in [-0.15, -0.1) is 11.8 Å². The van der Waals surface area contributed by atoms with Crippen molar-refractivity contribution in [1.29, 1.82) is 0 Å². The smallest absolute Gasteiger partial charge is 0.123 e. The lowest BCUT2D eigenvalue weighted by molar-refractivity contribution is 0.484. The van der Waals surface area contributed by atoms with Crippen LogP contribution < -0.4 is 11.3 Å². The van der Waals surface area contributed by atoms with Gasteiger partial charge in [-0.05, 0) is 29.3 Å². The quantitative estimate of drug-likeness (QED) is 0.666. The molecule has 19 heavy (non-hydrogen) atoms. The van der Waals surface area contributed by atoms with Gasteiger partial charge in [0.2, 0.25) is 0 Å². The van der Waals surface area contributed by atoms with E-state index in [0.29, 0.717) is 5.92 Å². The van der Waals surface area contributed by atoms with Crippen molar-refractivity contribution in [2.45, 2.75) is 16.9 Å². The third kappa shape index (κ3) is 2.39. The molecule has 2 atom stereocenters. The average molecular weight is 274 g/mol. The SMILES string of the molecule is NNC(c1ccc(F)cc1)C1CSc2ccccc21. The molecule has 0 fully saturated rings. The van der Waals surface area contributed by atoms with Crippen LogP contribution in [0.2, 0.25) is 0 Å². The monoisotopic (exact) mass is 274 g/mol. The van der Waals surface area contributed by atoms with Gasteiger partial charge in [0, 0.05) is 16.6 Å². The van der Waals surface area contributed by atoms with E-state index in [1.165, 1.54) is 22.6 Å². The van der Waals surface area contributed by atoms with Crippen LogP contribution in [0.1, 0.15) is 23.1 Å². The van der Waals surface area contributed by atoms with Gasteiger partial charge in [0.15, 0.2) is 0 Å². The fourth-order valence-electron chi connectivity index (χ4n) is 2.58. The van der Waals surface area contributed by atoms with E-state index in [9.17, 15) is 4.39 Å². The van der Waals surface area contributed by atoms with Crippen molar-refractivity contribution in [2.75, 3.05) is 5.75 Å². The van der Waals surface area contributed by atoms with Crippen molar-refractivity contribution >= 4 is 11.8 Å². The molecule has 2 aromatic rings. The Hall–Kier alpha value is -1.36. The van der Waals surface area contributed by atoms with E-state index < -0.39 is 0 Å². The first kappa shape index (κ1) is 12.7. The lowest BCUT2D eigenvalue weighted by atomic mass is 9.89. The number of nitrogens with two attached hydrogens (primary N) is 1. The van der Waals surface area contributed by atoms with Gasteiger partial charge in [-0.2, -0.15) is 0 Å². The molecule has 0 saturated carbocycles. The Morgan fingerprint density at radius 2 is 1.89 bits per heavy atom. The highest BCUT2D eigenvalue weighted by molar-refractivity contribution is 7.99. The normalized spacial score (nSPS) is 19.2. The minimum atomic E-state index is -0.222. The first-order valence-electron chi connectivity index (χ1n) is 6.23. The molecule has 4 heteroatoms. The number of hydrogen-bond acceptors (Lipinski definition) is 3. The second-order valence-corrected chi connectivity index (χ2v) is 5.71. The fraction of sp³-hybridized carbons (Fsp3) is 0.200. The molecule has 3 N–H and O–H groups in total. The number of hydrogen-bond donors (Lipinski definition) is 2. The van der Waals surface area contributed by atoms with E-state index in [4.69, 9.17) is 5.84 Å². The first-order chi connectivity index (χ1) is 9.29. The number of nitrogens with one attached hydrogen (secondary N) is 1. The molecule has 0 aliphatic carbocycles. The molecule has 0 aromatic heterocycles. The molecule has 2 aromatic carbocycles. The largest absolute Gasteiger partial charge is 0.271 e. The maximum atomic E-state index is 13.0. The van der Waals surface area contributed by atoms with Gasteiger partial charge in [0.05, 0.1) is 6.04 Å². The van der Waals surface area contributed by atoms with Gasteiger partial charge in [0.25, 0.3) is 0 Å². The molecular weight excluding hydrogens is 259 g/mol. The maximum Gasteiger partial charge on any atom is 0.123 e. The van der Waals surface area contributed by atoms with Crippen molar-refractivity contribution in [1.82, 2.24) is 5.43 Å². The Balaban J connectivity index is 1.94. The van der Waals surface area contributed by atoms with Crippen molar-refractivity contribution in [3.63, 3.8) is 0 Å². The van der Waals surface area contributed by atoms with Crippen molar-refractivity contribution < 1.29 is 4.39 Å². The minimum Gasteiger partial charge on any atom is -0.271 e. The summed E-state index contributed by atoms with van der Waals surface area (Å²) in [5.41, 5.74) is 5.22. The molecule has 0 radical (unpaired) electrons. The summed E-state index contributed by atoms with van der Waals surface area (Å²) in [6.07, 6.45) is 0. The number of hydrazine groups is 1. The van der Waals surface area contributed by atoms with E-state index in [1.54, 1.807) is 12.1 Å². The molecule has 1 aliphatic rings. The molecule has 0 saturated heterocycles. The zero-order chi connectivity index (χ0) is 13.2. The average Bonchev–Trinajstić information content (AvgIpc) is 2.86. The Morgan fingerprint density at radius 3 is 2.63 bits per heavy atom. The van der Waals surface area contributed by atoms with Crippen LogP contribution in [-0.2, 0) is 0 Å². The molecule has 0 amide bonds. The summed E-state index contributed by atoms with van der Waals surface area (Å²) in [7, 11) is 0. The summed E-state index contributed by atoms with van der Waals surface area (Å²) in [5.74, 6) is 6.81. The maximum absolute atomic E-state index is 13.0. The van der Waals surface area contributed by atoms with Crippen LogP contribution in [-0.4, -0.2) is 5.75 Å². The third-order valence-corrected chi connectivity index (χ3v) is 4.76. The standard InChI is InChI=1S/C15H15FN2S/c16-11-7-5-10(6-8-11)15(18-17)13-9-19-14-4-2-1-3-12(13)14/h1-8,13,15,18H,9,17H2.